The van der Waals surface area contributed by atoms with Crippen LogP contribution >= 0.6 is 11.3 Å². The summed E-state index contributed by atoms with van der Waals surface area (Å²) in [7, 11) is -4.71. The molecule has 3 aliphatic rings. The summed E-state index contributed by atoms with van der Waals surface area (Å²) in [5.41, 5.74) is 10.0. The van der Waals surface area contributed by atoms with E-state index in [1.807, 2.05) is 42.5 Å². The minimum atomic E-state index is -2.45. The first-order chi connectivity index (χ1) is 28.5. The third-order valence-corrected chi connectivity index (χ3v) is 14.3. The van der Waals surface area contributed by atoms with Crippen molar-refractivity contribution in [1.82, 2.24) is 4.98 Å². The van der Waals surface area contributed by atoms with E-state index in [-0.39, 0.29) is 0 Å². The first-order valence-corrected chi connectivity index (χ1v) is 28.2. The van der Waals surface area contributed by atoms with E-state index in [1.165, 1.54) is 4.70 Å². The smallest absolute Gasteiger partial charge is 0.298 e. The van der Waals surface area contributed by atoms with Crippen LogP contribution in [0.3, 0.4) is 0 Å². The molecule has 1 aromatic heterocycles. The zero-order valence-electron chi connectivity index (χ0n) is 33.8. The molecular weight excluding hydrogens is 793 g/mol. The first-order valence-electron chi connectivity index (χ1n) is 19.6. The van der Waals surface area contributed by atoms with E-state index in [0.29, 0.717) is 28.5 Å². The zero-order chi connectivity index (χ0) is 41.0. The Hall–Kier alpha value is -6.06. The molecule has 0 unspecified atom stereocenters. The van der Waals surface area contributed by atoms with Crippen LogP contribution in [0, 0.1) is 10.8 Å². The fourth-order valence-electron chi connectivity index (χ4n) is 7.79. The molecule has 1 aliphatic heterocycles. The maximum Gasteiger partial charge on any atom is 0.298 e. The minimum Gasteiger partial charge on any atom is -0.321 e. The molecule has 0 saturated heterocycles. The number of thiazole rings is 1. The third-order valence-electron chi connectivity index (χ3n) is 10.3. The van der Waals surface area contributed by atoms with Crippen LogP contribution in [0.1, 0.15) is 5.56 Å². The van der Waals surface area contributed by atoms with Crippen LogP contribution in [-0.4, -0.2) is 54.1 Å². The molecular formula is C47H42N8SSi3. The Kier molecular flexibility index (Phi) is 9.96. The Morgan fingerprint density at radius 1 is 0.661 bits per heavy atom. The predicted molar refractivity (Wildman–Crippen MR) is 255 cm³/mol. The van der Waals surface area contributed by atoms with E-state index in [4.69, 9.17) is 23.6 Å². The molecule has 0 spiro atoms. The predicted octanol–water partition coefficient (Wildman–Crippen LogP) is 10.4. The summed E-state index contributed by atoms with van der Waals surface area (Å²) in [5, 5.41) is 24.4. The van der Waals surface area contributed by atoms with Crippen molar-refractivity contribution in [2.75, 3.05) is 4.90 Å². The number of anilines is 1. The van der Waals surface area contributed by atoms with Crippen LogP contribution in [0.15, 0.2) is 164 Å². The van der Waals surface area contributed by atoms with Gasteiger partial charge < -0.3 is 14.2 Å². The molecule has 0 amide bonds. The SMILES string of the molecule is C[Si](C)/N=C1/C=CC=C(N(C2=CC=C(c3cccc4ccccc34)C(=N)/C2=N\[Si](C)C)c2ccc(-c3ccc(-c4nc5ccccc5s4)cc3)c3c2=N[Si](C)(C)N=3)C1=N. The standard InChI is InChI=1S/C47H42N8SSi3/c1-57(2)51-37-18-12-19-38(43(37)49)55(39-28-26-35(42(48)45(39)52-58(3)4)34-16-11-14-29-13-7-8-15-32(29)34)40-27-25-33(44-46(40)54-59(5,6)53-44)30-21-23-31(24-22-30)47-50-36-17-9-10-20-41(36)56-47/h7-28,48-49H,1-6H3/b48-42?,49-43?,51-37-,52-45-. The summed E-state index contributed by atoms with van der Waals surface area (Å²) in [4.78, 5) is 6.99. The van der Waals surface area contributed by atoms with Gasteiger partial charge in [-0.3, -0.25) is 20.1 Å². The molecule has 2 aliphatic carbocycles. The minimum absolute atomic E-state index is 0.322. The molecule has 59 heavy (non-hydrogen) atoms. The molecule has 9 rings (SSSR count). The maximum atomic E-state index is 9.87. The molecule has 288 valence electrons. The lowest BCUT2D eigenvalue weighted by molar-refractivity contribution is 1.14. The lowest BCUT2D eigenvalue weighted by Gasteiger charge is -2.34. The van der Waals surface area contributed by atoms with Gasteiger partial charge in [-0.1, -0.05) is 117 Å². The number of para-hydroxylation sites is 1. The molecule has 0 atom stereocenters. The summed E-state index contributed by atoms with van der Waals surface area (Å²) < 4.78 is 22.2. The number of hydrogen-bond acceptors (Lipinski definition) is 9. The summed E-state index contributed by atoms with van der Waals surface area (Å²) in [6.07, 6.45) is 10.00. The van der Waals surface area contributed by atoms with Gasteiger partial charge in [-0.25, -0.2) is 4.98 Å². The number of allylic oxidation sites excluding steroid dienone is 8. The van der Waals surface area contributed by atoms with Gasteiger partial charge in [-0.15, -0.1) is 11.3 Å². The van der Waals surface area contributed by atoms with E-state index in [1.54, 1.807) is 11.3 Å². The molecule has 2 radical (unpaired) electrons. The molecule has 2 heterocycles. The highest BCUT2D eigenvalue weighted by Gasteiger charge is 2.34. The van der Waals surface area contributed by atoms with E-state index < -0.39 is 26.3 Å². The van der Waals surface area contributed by atoms with E-state index in [2.05, 4.69) is 135 Å². The zero-order valence-corrected chi connectivity index (χ0v) is 37.6. The molecule has 6 aromatic rings. The van der Waals surface area contributed by atoms with E-state index in [9.17, 15) is 10.8 Å². The van der Waals surface area contributed by atoms with Crippen molar-refractivity contribution < 1.29 is 0 Å². The Balaban J connectivity index is 1.23. The number of hydrogen-bond donors (Lipinski definition) is 2. The summed E-state index contributed by atoms with van der Waals surface area (Å²) in [6, 6.07) is 35.6. The molecule has 2 N–H and O–H groups in total. The maximum absolute atomic E-state index is 9.87. The summed E-state index contributed by atoms with van der Waals surface area (Å²) in [6.45, 7) is 12.9. The molecule has 5 aromatic carbocycles. The monoisotopic (exact) mass is 834 g/mol. The van der Waals surface area contributed by atoms with E-state index >= 15 is 0 Å². The quantitative estimate of drug-likeness (QED) is 0.117. The third kappa shape index (κ3) is 7.22. The normalized spacial score (nSPS) is 17.4. The van der Waals surface area contributed by atoms with Crippen LogP contribution < -0.4 is 15.6 Å². The van der Waals surface area contributed by atoms with Gasteiger partial charge in [0.15, 0.2) is 17.9 Å². The van der Waals surface area contributed by atoms with Crippen molar-refractivity contribution in [3.05, 3.63) is 161 Å². The van der Waals surface area contributed by atoms with Gasteiger partial charge in [0.25, 0.3) is 8.40 Å². The van der Waals surface area contributed by atoms with Crippen molar-refractivity contribution in [2.24, 2.45) is 18.6 Å². The number of nitrogens with zero attached hydrogens (tertiary/aromatic N) is 6. The van der Waals surface area contributed by atoms with Gasteiger partial charge in [0.1, 0.15) is 10.7 Å². The van der Waals surface area contributed by atoms with Gasteiger partial charge in [0, 0.05) is 16.7 Å². The largest absolute Gasteiger partial charge is 0.321 e. The highest BCUT2D eigenvalue weighted by Crippen LogP contribution is 2.35. The van der Waals surface area contributed by atoms with Crippen molar-refractivity contribution in [1.29, 1.82) is 10.8 Å². The molecule has 12 heteroatoms. The van der Waals surface area contributed by atoms with Crippen LogP contribution in [0.2, 0.25) is 39.3 Å². The Bertz CT molecular complexity index is 3040. The molecule has 0 bridgehead atoms. The lowest BCUT2D eigenvalue weighted by Crippen LogP contribution is -2.42. The van der Waals surface area contributed by atoms with Crippen LogP contribution in [0.4, 0.5) is 5.69 Å². The lowest BCUT2D eigenvalue weighted by atomic mass is 9.88. The Morgan fingerprint density at radius 3 is 2.15 bits per heavy atom. The van der Waals surface area contributed by atoms with Crippen molar-refractivity contribution in [2.45, 2.75) is 39.3 Å². The summed E-state index contributed by atoms with van der Waals surface area (Å²) >= 11 is 1.70. The van der Waals surface area contributed by atoms with Gasteiger partial charge in [-0.2, -0.15) is 0 Å². The van der Waals surface area contributed by atoms with Crippen LogP contribution in [-0.2, 0) is 0 Å². The van der Waals surface area contributed by atoms with Crippen LogP contribution in [0.25, 0.3) is 48.3 Å². The first kappa shape index (κ1) is 38.5. The Labute approximate surface area is 352 Å². The second-order valence-electron chi connectivity index (χ2n) is 15.6. The fourth-order valence-corrected chi connectivity index (χ4v) is 11.7. The highest BCUT2D eigenvalue weighted by molar-refractivity contribution is 7.21. The average molecular weight is 835 g/mol. The topological polar surface area (TPSA) is 113 Å². The Morgan fingerprint density at radius 2 is 1.37 bits per heavy atom. The van der Waals surface area contributed by atoms with Crippen LogP contribution in [0.5, 0.6) is 0 Å². The highest BCUT2D eigenvalue weighted by atomic mass is 32.1. The molecule has 8 nitrogen and oxygen atoms in total. The molecule has 0 fully saturated rings. The fraction of sp³-hybridized carbons (Fsp3) is 0.128. The number of aromatic nitrogens is 1. The van der Waals surface area contributed by atoms with Crippen molar-refractivity contribution in [3.8, 4) is 21.7 Å². The molecule has 0 saturated carbocycles. The van der Waals surface area contributed by atoms with E-state index in [0.717, 1.165) is 71.2 Å². The number of nitrogens with one attached hydrogen (secondary N) is 2. The number of benzene rings is 5. The van der Waals surface area contributed by atoms with Gasteiger partial charge in [-0.05, 0) is 77.5 Å². The van der Waals surface area contributed by atoms with Crippen molar-refractivity contribution in [3.63, 3.8) is 0 Å². The van der Waals surface area contributed by atoms with Gasteiger partial charge in [0.05, 0.1) is 55.1 Å². The number of rotatable bonds is 8. The second kappa shape index (κ2) is 15.3. The second-order valence-corrected chi connectivity index (χ2v) is 24.3. The average Bonchev–Trinajstić information content (AvgIpc) is 3.80. The van der Waals surface area contributed by atoms with Gasteiger partial charge in [0.2, 0.25) is 0 Å². The van der Waals surface area contributed by atoms with Gasteiger partial charge >= 0.3 is 0 Å². The summed E-state index contributed by atoms with van der Waals surface area (Å²) in [5.74, 6) is 0. The number of fused-ring (bicyclic) bond motifs is 3. The van der Waals surface area contributed by atoms with Crippen molar-refractivity contribution >= 4 is 92.7 Å².